The smallest absolute Gasteiger partial charge is 0.0797 e. The highest BCUT2D eigenvalue weighted by Crippen LogP contribution is 2.61. The monoisotopic (exact) mass is 290 g/mol. The van der Waals surface area contributed by atoms with Crippen LogP contribution in [0.2, 0.25) is 0 Å². The molecule has 4 atom stereocenters. The Balaban J connectivity index is 2.21. The molecule has 2 fully saturated rings. The molecule has 0 radical (unpaired) electrons. The zero-order valence-electron chi connectivity index (χ0n) is 14.5. The van der Waals surface area contributed by atoms with Gasteiger partial charge in [-0.1, -0.05) is 45.4 Å². The van der Waals surface area contributed by atoms with Gasteiger partial charge in [-0.2, -0.15) is 0 Å². The molecule has 120 valence electrons. The van der Waals surface area contributed by atoms with Gasteiger partial charge >= 0.3 is 0 Å². The molecule has 0 aromatic carbocycles. The molecule has 21 heavy (non-hydrogen) atoms. The fourth-order valence-electron chi connectivity index (χ4n) is 5.35. The summed E-state index contributed by atoms with van der Waals surface area (Å²) >= 11 is 0. The zero-order chi connectivity index (χ0) is 15.9. The van der Waals surface area contributed by atoms with Gasteiger partial charge in [-0.3, -0.25) is 0 Å². The van der Waals surface area contributed by atoms with Crippen molar-refractivity contribution in [2.24, 2.45) is 22.7 Å². The molecule has 0 aliphatic heterocycles. The van der Waals surface area contributed by atoms with Crippen LogP contribution in [0.5, 0.6) is 0 Å². The third-order valence-corrected chi connectivity index (χ3v) is 6.70. The molecular formula is C20H34O. The van der Waals surface area contributed by atoms with Crippen LogP contribution in [0.15, 0.2) is 24.8 Å². The molecule has 1 N–H and O–H groups in total. The fraction of sp³-hybridized carbons (Fsp3) is 0.800. The second kappa shape index (κ2) is 5.57. The number of fused-ring (bicyclic) bond motifs is 1. The van der Waals surface area contributed by atoms with E-state index in [1.54, 1.807) is 6.08 Å². The van der Waals surface area contributed by atoms with Crippen molar-refractivity contribution in [1.82, 2.24) is 0 Å². The minimum Gasteiger partial charge on any atom is -0.386 e. The zero-order valence-corrected chi connectivity index (χ0v) is 14.5. The van der Waals surface area contributed by atoms with Crippen LogP contribution in [0, 0.1) is 22.7 Å². The van der Waals surface area contributed by atoms with E-state index in [1.807, 2.05) is 6.92 Å². The van der Waals surface area contributed by atoms with Crippen LogP contribution in [0.4, 0.5) is 0 Å². The lowest BCUT2D eigenvalue weighted by Crippen LogP contribution is -2.49. The SMILES string of the molecule is C=C[C@@](C)(O)CC[C@H]1C(=C)CC[C@@H]2C(C)(C)CCC[C@]21C. The lowest BCUT2D eigenvalue weighted by molar-refractivity contribution is -0.0583. The summed E-state index contributed by atoms with van der Waals surface area (Å²) in [6.45, 7) is 17.4. The standard InChI is InChI=1S/C20H34O/c1-7-19(5,21)14-11-16-15(2)9-10-17-18(3,4)12-8-13-20(16,17)6/h7,16-17,21H,1-2,8-14H2,3-6H3/t16-,17+,19+,20-/m0/s1. The van der Waals surface area contributed by atoms with Crippen molar-refractivity contribution in [3.8, 4) is 0 Å². The molecule has 0 aromatic heterocycles. The van der Waals surface area contributed by atoms with E-state index in [2.05, 4.69) is 33.9 Å². The summed E-state index contributed by atoms with van der Waals surface area (Å²) in [6, 6.07) is 0. The van der Waals surface area contributed by atoms with E-state index >= 15 is 0 Å². The predicted molar refractivity (Wildman–Crippen MR) is 91.1 cm³/mol. The van der Waals surface area contributed by atoms with Crippen molar-refractivity contribution in [3.05, 3.63) is 24.8 Å². The Hall–Kier alpha value is -0.560. The van der Waals surface area contributed by atoms with Crippen molar-refractivity contribution >= 4 is 0 Å². The van der Waals surface area contributed by atoms with Gasteiger partial charge in [-0.05, 0) is 68.1 Å². The first-order valence-electron chi connectivity index (χ1n) is 8.66. The summed E-state index contributed by atoms with van der Waals surface area (Å²) < 4.78 is 0. The maximum Gasteiger partial charge on any atom is 0.0797 e. The minimum absolute atomic E-state index is 0.369. The van der Waals surface area contributed by atoms with Gasteiger partial charge in [0.25, 0.3) is 0 Å². The lowest BCUT2D eigenvalue weighted by Gasteiger charge is -2.58. The van der Waals surface area contributed by atoms with Gasteiger partial charge in [0.15, 0.2) is 0 Å². The number of hydrogen-bond acceptors (Lipinski definition) is 1. The molecule has 1 heteroatoms. The molecule has 0 amide bonds. The molecule has 0 saturated heterocycles. The molecule has 2 saturated carbocycles. The maximum atomic E-state index is 10.3. The van der Waals surface area contributed by atoms with E-state index in [4.69, 9.17) is 0 Å². The summed E-state index contributed by atoms with van der Waals surface area (Å²) in [5, 5.41) is 10.3. The summed E-state index contributed by atoms with van der Waals surface area (Å²) in [4.78, 5) is 0. The summed E-state index contributed by atoms with van der Waals surface area (Å²) in [6.07, 6.45) is 10.0. The van der Waals surface area contributed by atoms with Crippen molar-refractivity contribution in [1.29, 1.82) is 0 Å². The molecule has 0 unspecified atom stereocenters. The van der Waals surface area contributed by atoms with Gasteiger partial charge in [0.2, 0.25) is 0 Å². The second-order valence-corrected chi connectivity index (χ2v) is 8.75. The highest BCUT2D eigenvalue weighted by Gasteiger charge is 2.52. The van der Waals surface area contributed by atoms with Crippen LogP contribution in [-0.2, 0) is 0 Å². The van der Waals surface area contributed by atoms with Crippen LogP contribution in [0.25, 0.3) is 0 Å². The van der Waals surface area contributed by atoms with Gasteiger partial charge in [0.05, 0.1) is 5.60 Å². The van der Waals surface area contributed by atoms with E-state index < -0.39 is 5.60 Å². The van der Waals surface area contributed by atoms with E-state index in [-0.39, 0.29) is 0 Å². The molecular weight excluding hydrogens is 256 g/mol. The first-order valence-corrected chi connectivity index (χ1v) is 8.66. The largest absolute Gasteiger partial charge is 0.386 e. The normalized spacial score (nSPS) is 38.4. The van der Waals surface area contributed by atoms with Gasteiger partial charge in [-0.25, -0.2) is 0 Å². The molecule has 2 aliphatic rings. The van der Waals surface area contributed by atoms with Gasteiger partial charge in [0, 0.05) is 0 Å². The average molecular weight is 290 g/mol. The van der Waals surface area contributed by atoms with E-state index in [0.29, 0.717) is 16.7 Å². The van der Waals surface area contributed by atoms with Crippen LogP contribution >= 0.6 is 0 Å². The van der Waals surface area contributed by atoms with Crippen LogP contribution in [-0.4, -0.2) is 10.7 Å². The molecule has 0 bridgehead atoms. The van der Waals surface area contributed by atoms with Crippen molar-refractivity contribution in [2.75, 3.05) is 0 Å². The first-order chi connectivity index (χ1) is 9.62. The Morgan fingerprint density at radius 1 is 1.33 bits per heavy atom. The van der Waals surface area contributed by atoms with Crippen LogP contribution in [0.3, 0.4) is 0 Å². The number of hydrogen-bond donors (Lipinski definition) is 1. The topological polar surface area (TPSA) is 20.2 Å². The number of aliphatic hydroxyl groups is 1. The van der Waals surface area contributed by atoms with Gasteiger partial charge < -0.3 is 5.11 Å². The lowest BCUT2D eigenvalue weighted by atomic mass is 9.47. The Bertz CT molecular complexity index is 418. The van der Waals surface area contributed by atoms with Crippen LogP contribution < -0.4 is 0 Å². The predicted octanol–water partition coefficient (Wildman–Crippen LogP) is 5.50. The fourth-order valence-corrected chi connectivity index (χ4v) is 5.35. The third kappa shape index (κ3) is 3.13. The van der Waals surface area contributed by atoms with E-state index in [0.717, 1.165) is 18.8 Å². The molecule has 0 spiro atoms. The maximum absolute atomic E-state index is 10.3. The van der Waals surface area contributed by atoms with Gasteiger partial charge in [0.1, 0.15) is 0 Å². The van der Waals surface area contributed by atoms with Crippen molar-refractivity contribution < 1.29 is 5.11 Å². The first kappa shape index (κ1) is 16.8. The van der Waals surface area contributed by atoms with E-state index in [9.17, 15) is 5.11 Å². The molecule has 0 heterocycles. The highest BCUT2D eigenvalue weighted by molar-refractivity contribution is 5.16. The molecule has 2 rings (SSSR count). The summed E-state index contributed by atoms with van der Waals surface area (Å²) in [7, 11) is 0. The Kier molecular flexibility index (Phi) is 4.46. The minimum atomic E-state index is -0.742. The molecule has 0 aromatic rings. The van der Waals surface area contributed by atoms with Crippen molar-refractivity contribution in [3.63, 3.8) is 0 Å². The van der Waals surface area contributed by atoms with Crippen molar-refractivity contribution in [2.45, 2.75) is 78.2 Å². The molecule has 1 nitrogen and oxygen atoms in total. The Labute approximate surface area is 131 Å². The highest BCUT2D eigenvalue weighted by atomic mass is 16.3. The van der Waals surface area contributed by atoms with E-state index in [1.165, 1.54) is 37.7 Å². The summed E-state index contributed by atoms with van der Waals surface area (Å²) in [5.74, 6) is 1.35. The summed E-state index contributed by atoms with van der Waals surface area (Å²) in [5.41, 5.74) is 1.50. The Morgan fingerprint density at radius 3 is 2.62 bits per heavy atom. The van der Waals surface area contributed by atoms with Gasteiger partial charge in [-0.15, -0.1) is 6.58 Å². The van der Waals surface area contributed by atoms with Crippen LogP contribution in [0.1, 0.15) is 72.6 Å². The second-order valence-electron chi connectivity index (χ2n) is 8.75. The Morgan fingerprint density at radius 2 is 2.00 bits per heavy atom. The third-order valence-electron chi connectivity index (χ3n) is 6.70. The average Bonchev–Trinajstić information content (AvgIpc) is 2.36. The molecule has 2 aliphatic carbocycles. The quantitative estimate of drug-likeness (QED) is 0.678. The number of allylic oxidation sites excluding steroid dienone is 1. The number of rotatable bonds is 4.